The number of aromatic nitrogens is 2. The molecule has 2 heterocycles. The molecule has 0 saturated carbocycles. The van der Waals surface area contributed by atoms with Gasteiger partial charge in [0.05, 0.1) is 11.7 Å². The molecule has 2 atom stereocenters. The summed E-state index contributed by atoms with van der Waals surface area (Å²) >= 11 is 0. The van der Waals surface area contributed by atoms with Gasteiger partial charge in [0.25, 0.3) is 0 Å². The van der Waals surface area contributed by atoms with Crippen LogP contribution in [0.4, 0.5) is 5.82 Å². The first-order valence-corrected chi connectivity index (χ1v) is 6.00. The second kappa shape index (κ2) is 3.87. The van der Waals surface area contributed by atoms with Gasteiger partial charge in [0.2, 0.25) is 0 Å². The maximum absolute atomic E-state index is 4.73. The summed E-state index contributed by atoms with van der Waals surface area (Å²) in [6.45, 7) is 9.97. The van der Waals surface area contributed by atoms with Gasteiger partial charge in [-0.25, -0.2) is 4.68 Å². The van der Waals surface area contributed by atoms with Crippen molar-refractivity contribution in [3.8, 4) is 0 Å². The molecule has 0 saturated heterocycles. The number of aryl methyl sites for hydroxylation is 1. The zero-order valence-corrected chi connectivity index (χ0v) is 10.2. The van der Waals surface area contributed by atoms with E-state index >= 15 is 0 Å². The molecule has 1 aromatic heterocycles. The van der Waals surface area contributed by atoms with Gasteiger partial charge in [-0.1, -0.05) is 20.8 Å². The first-order chi connectivity index (χ1) is 7.19. The van der Waals surface area contributed by atoms with Crippen LogP contribution in [0.2, 0.25) is 0 Å². The maximum Gasteiger partial charge on any atom is 0.127 e. The second-order valence-corrected chi connectivity index (χ2v) is 4.55. The van der Waals surface area contributed by atoms with Crippen molar-refractivity contribution in [1.82, 2.24) is 9.78 Å². The van der Waals surface area contributed by atoms with Gasteiger partial charge in [-0.15, -0.1) is 0 Å². The number of rotatable bonds is 2. The Labute approximate surface area is 91.9 Å². The SMILES string of the molecule is CCc1nn2c(c1C)NCC(C)C2CC. The predicted molar refractivity (Wildman–Crippen MR) is 63.3 cm³/mol. The molecule has 0 aromatic carbocycles. The van der Waals surface area contributed by atoms with Gasteiger partial charge in [0.15, 0.2) is 0 Å². The number of hydrogen-bond acceptors (Lipinski definition) is 2. The minimum absolute atomic E-state index is 0.570. The van der Waals surface area contributed by atoms with Crippen LogP contribution in [0, 0.1) is 12.8 Å². The summed E-state index contributed by atoms with van der Waals surface area (Å²) in [6.07, 6.45) is 2.19. The smallest absolute Gasteiger partial charge is 0.127 e. The van der Waals surface area contributed by atoms with Crippen LogP contribution in [0.15, 0.2) is 0 Å². The third-order valence-corrected chi connectivity index (χ3v) is 3.56. The molecular formula is C12H21N3. The third kappa shape index (κ3) is 1.54. The first-order valence-electron chi connectivity index (χ1n) is 6.00. The summed E-state index contributed by atoms with van der Waals surface area (Å²) in [5, 5.41) is 8.23. The van der Waals surface area contributed by atoms with Crippen molar-refractivity contribution in [3.05, 3.63) is 11.3 Å². The van der Waals surface area contributed by atoms with Crippen molar-refractivity contribution < 1.29 is 0 Å². The zero-order chi connectivity index (χ0) is 11.0. The van der Waals surface area contributed by atoms with Crippen LogP contribution in [0.3, 0.4) is 0 Å². The number of nitrogens with zero attached hydrogens (tertiary/aromatic N) is 2. The second-order valence-electron chi connectivity index (χ2n) is 4.55. The normalized spacial score (nSPS) is 24.8. The molecule has 1 aliphatic rings. The molecule has 1 aromatic rings. The Balaban J connectivity index is 2.45. The van der Waals surface area contributed by atoms with Crippen LogP contribution in [-0.4, -0.2) is 16.3 Å². The Morgan fingerprint density at radius 3 is 2.80 bits per heavy atom. The van der Waals surface area contributed by atoms with E-state index < -0.39 is 0 Å². The number of hydrogen-bond donors (Lipinski definition) is 1. The van der Waals surface area contributed by atoms with Crippen molar-refractivity contribution in [2.24, 2.45) is 5.92 Å². The molecule has 1 N–H and O–H groups in total. The van der Waals surface area contributed by atoms with Crippen LogP contribution in [0.5, 0.6) is 0 Å². The van der Waals surface area contributed by atoms with E-state index in [1.165, 1.54) is 23.5 Å². The van der Waals surface area contributed by atoms with Crippen molar-refractivity contribution in [2.45, 2.75) is 46.6 Å². The molecule has 84 valence electrons. The lowest BCUT2D eigenvalue weighted by Gasteiger charge is -2.31. The summed E-state index contributed by atoms with van der Waals surface area (Å²) in [5.74, 6) is 1.92. The van der Waals surface area contributed by atoms with Gasteiger partial charge in [-0.05, 0) is 25.7 Å². The fourth-order valence-electron chi connectivity index (χ4n) is 2.56. The standard InChI is InChI=1S/C12H21N3/c1-5-10-9(4)12-13-7-8(3)11(6-2)15(12)14-10/h8,11,13H,5-7H2,1-4H3. The van der Waals surface area contributed by atoms with E-state index in [-0.39, 0.29) is 0 Å². The average molecular weight is 207 g/mol. The van der Waals surface area contributed by atoms with Gasteiger partial charge in [0.1, 0.15) is 5.82 Å². The third-order valence-electron chi connectivity index (χ3n) is 3.56. The molecule has 1 aliphatic heterocycles. The fraction of sp³-hybridized carbons (Fsp3) is 0.750. The molecule has 0 radical (unpaired) electrons. The van der Waals surface area contributed by atoms with Crippen molar-refractivity contribution in [2.75, 3.05) is 11.9 Å². The quantitative estimate of drug-likeness (QED) is 0.808. The molecule has 2 rings (SSSR count). The van der Waals surface area contributed by atoms with E-state index in [2.05, 4.69) is 37.7 Å². The van der Waals surface area contributed by atoms with E-state index in [9.17, 15) is 0 Å². The van der Waals surface area contributed by atoms with Crippen LogP contribution in [0.1, 0.15) is 44.5 Å². The molecule has 0 aliphatic carbocycles. The minimum Gasteiger partial charge on any atom is -0.370 e. The largest absolute Gasteiger partial charge is 0.370 e. The topological polar surface area (TPSA) is 29.9 Å². The number of nitrogens with one attached hydrogen (secondary N) is 1. The summed E-state index contributed by atoms with van der Waals surface area (Å²) < 4.78 is 2.21. The highest BCUT2D eigenvalue weighted by atomic mass is 15.4. The van der Waals surface area contributed by atoms with Gasteiger partial charge in [-0.3, -0.25) is 0 Å². The summed E-state index contributed by atoms with van der Waals surface area (Å²) in [4.78, 5) is 0. The van der Waals surface area contributed by atoms with E-state index in [0.717, 1.165) is 13.0 Å². The van der Waals surface area contributed by atoms with Crippen LogP contribution < -0.4 is 5.32 Å². The first kappa shape index (κ1) is 10.5. The summed E-state index contributed by atoms with van der Waals surface area (Å²) in [7, 11) is 0. The van der Waals surface area contributed by atoms with E-state index in [1.807, 2.05) is 0 Å². The number of anilines is 1. The van der Waals surface area contributed by atoms with Crippen molar-refractivity contribution in [1.29, 1.82) is 0 Å². The molecule has 0 amide bonds. The molecule has 2 unspecified atom stereocenters. The molecule has 0 bridgehead atoms. The average Bonchev–Trinajstić information content (AvgIpc) is 2.55. The lowest BCUT2D eigenvalue weighted by molar-refractivity contribution is 0.312. The zero-order valence-electron chi connectivity index (χ0n) is 10.2. The highest BCUT2D eigenvalue weighted by Gasteiger charge is 2.27. The Bertz CT molecular complexity index is 354. The molecule has 3 heteroatoms. The highest BCUT2D eigenvalue weighted by Crippen LogP contribution is 2.33. The molecule has 15 heavy (non-hydrogen) atoms. The Kier molecular flexibility index (Phi) is 2.72. The van der Waals surface area contributed by atoms with Crippen molar-refractivity contribution >= 4 is 5.82 Å². The molecule has 0 spiro atoms. The Hall–Kier alpha value is -0.990. The van der Waals surface area contributed by atoms with Gasteiger partial charge in [-0.2, -0.15) is 5.10 Å². The monoisotopic (exact) mass is 207 g/mol. The lowest BCUT2D eigenvalue weighted by atomic mass is 9.98. The number of fused-ring (bicyclic) bond motifs is 1. The fourth-order valence-corrected chi connectivity index (χ4v) is 2.56. The lowest BCUT2D eigenvalue weighted by Crippen LogP contribution is -2.31. The predicted octanol–water partition coefficient (Wildman–Crippen LogP) is 2.77. The van der Waals surface area contributed by atoms with Crippen molar-refractivity contribution in [3.63, 3.8) is 0 Å². The Morgan fingerprint density at radius 1 is 1.47 bits per heavy atom. The van der Waals surface area contributed by atoms with E-state index in [4.69, 9.17) is 5.10 Å². The minimum atomic E-state index is 0.570. The summed E-state index contributed by atoms with van der Waals surface area (Å²) in [5.41, 5.74) is 2.58. The Morgan fingerprint density at radius 2 is 2.20 bits per heavy atom. The summed E-state index contributed by atoms with van der Waals surface area (Å²) in [6, 6.07) is 0.570. The van der Waals surface area contributed by atoms with E-state index in [1.54, 1.807) is 0 Å². The van der Waals surface area contributed by atoms with E-state index in [0.29, 0.717) is 12.0 Å². The van der Waals surface area contributed by atoms with Crippen LogP contribution in [0.25, 0.3) is 0 Å². The highest BCUT2D eigenvalue weighted by molar-refractivity contribution is 5.48. The maximum atomic E-state index is 4.73. The van der Waals surface area contributed by atoms with Gasteiger partial charge in [0, 0.05) is 12.1 Å². The molecular weight excluding hydrogens is 186 g/mol. The molecule has 3 nitrogen and oxygen atoms in total. The van der Waals surface area contributed by atoms with Crippen LogP contribution in [-0.2, 0) is 6.42 Å². The van der Waals surface area contributed by atoms with Crippen LogP contribution >= 0.6 is 0 Å². The van der Waals surface area contributed by atoms with Gasteiger partial charge < -0.3 is 5.32 Å². The molecule has 0 fully saturated rings. The van der Waals surface area contributed by atoms with Gasteiger partial charge >= 0.3 is 0 Å².